The Kier molecular flexibility index (Phi) is 7.61. The second-order valence-corrected chi connectivity index (χ2v) is 7.10. The van der Waals surface area contributed by atoms with Gasteiger partial charge in [-0.05, 0) is 43.4 Å². The summed E-state index contributed by atoms with van der Waals surface area (Å²) in [5.74, 6) is 5.36. The molecule has 0 aliphatic heterocycles. The molecule has 1 aliphatic rings. The van der Waals surface area contributed by atoms with Gasteiger partial charge in [-0.2, -0.15) is 11.8 Å². The Morgan fingerprint density at radius 3 is 2.59 bits per heavy atom. The summed E-state index contributed by atoms with van der Waals surface area (Å²) in [4.78, 5) is 0. The first-order valence-electron chi connectivity index (χ1n) is 7.42. The molecular weight excluding hydrogens is 226 g/mol. The van der Waals surface area contributed by atoms with Gasteiger partial charge in [-0.25, -0.2) is 0 Å². The molecule has 0 aromatic heterocycles. The fraction of sp³-hybridized carbons (Fsp3) is 1.00. The third kappa shape index (κ3) is 5.65. The van der Waals surface area contributed by atoms with Crippen LogP contribution < -0.4 is 5.32 Å². The first kappa shape index (κ1) is 15.4. The molecule has 1 nitrogen and oxygen atoms in total. The molecule has 0 saturated heterocycles. The van der Waals surface area contributed by atoms with Crippen molar-refractivity contribution in [1.82, 2.24) is 5.32 Å². The largest absolute Gasteiger partial charge is 0.316 e. The molecule has 3 unspecified atom stereocenters. The number of hydrogen-bond donors (Lipinski definition) is 1. The Bertz CT molecular complexity index is 193. The van der Waals surface area contributed by atoms with Crippen molar-refractivity contribution in [2.45, 2.75) is 58.9 Å². The van der Waals surface area contributed by atoms with E-state index >= 15 is 0 Å². The van der Waals surface area contributed by atoms with Crippen molar-refractivity contribution in [3.8, 4) is 0 Å². The number of hydrogen-bond acceptors (Lipinski definition) is 2. The van der Waals surface area contributed by atoms with Crippen LogP contribution in [-0.2, 0) is 0 Å². The van der Waals surface area contributed by atoms with Crippen LogP contribution in [0.5, 0.6) is 0 Å². The summed E-state index contributed by atoms with van der Waals surface area (Å²) in [5.41, 5.74) is 0. The Morgan fingerprint density at radius 2 is 2.00 bits per heavy atom. The van der Waals surface area contributed by atoms with Gasteiger partial charge in [0.05, 0.1) is 0 Å². The molecule has 0 aromatic carbocycles. The third-order valence-electron chi connectivity index (χ3n) is 4.09. The summed E-state index contributed by atoms with van der Waals surface area (Å²) in [6.07, 6.45) is 7.22. The van der Waals surface area contributed by atoms with Crippen LogP contribution in [0.25, 0.3) is 0 Å². The molecule has 2 heteroatoms. The SMILES string of the molecule is CCC1CCCC(C(CSCC(C)C)NC)C1. The highest BCUT2D eigenvalue weighted by atomic mass is 32.2. The smallest absolute Gasteiger partial charge is 0.0183 e. The summed E-state index contributed by atoms with van der Waals surface area (Å²) < 4.78 is 0. The zero-order chi connectivity index (χ0) is 12.7. The molecule has 3 atom stereocenters. The molecule has 1 fully saturated rings. The van der Waals surface area contributed by atoms with E-state index in [4.69, 9.17) is 0 Å². The van der Waals surface area contributed by atoms with Crippen LogP contribution in [0.2, 0.25) is 0 Å². The molecule has 17 heavy (non-hydrogen) atoms. The van der Waals surface area contributed by atoms with Crippen LogP contribution in [0.15, 0.2) is 0 Å². The van der Waals surface area contributed by atoms with Crippen molar-refractivity contribution in [3.63, 3.8) is 0 Å². The molecule has 1 rings (SSSR count). The lowest BCUT2D eigenvalue weighted by atomic mass is 9.77. The van der Waals surface area contributed by atoms with Gasteiger partial charge < -0.3 is 5.32 Å². The molecule has 0 amide bonds. The summed E-state index contributed by atoms with van der Waals surface area (Å²) in [6, 6.07) is 0.744. The molecule has 0 bridgehead atoms. The number of thioether (sulfide) groups is 1. The van der Waals surface area contributed by atoms with Gasteiger partial charge in [0.25, 0.3) is 0 Å². The second kappa shape index (κ2) is 8.42. The molecule has 102 valence electrons. The van der Waals surface area contributed by atoms with Gasteiger partial charge in [-0.3, -0.25) is 0 Å². The zero-order valence-corrected chi connectivity index (χ0v) is 13.0. The van der Waals surface area contributed by atoms with Gasteiger partial charge >= 0.3 is 0 Å². The van der Waals surface area contributed by atoms with Crippen LogP contribution in [0.3, 0.4) is 0 Å². The Balaban J connectivity index is 2.32. The van der Waals surface area contributed by atoms with Gasteiger partial charge in [0.2, 0.25) is 0 Å². The lowest BCUT2D eigenvalue weighted by Crippen LogP contribution is -2.38. The average molecular weight is 257 g/mol. The summed E-state index contributed by atoms with van der Waals surface area (Å²) in [5, 5.41) is 3.57. The van der Waals surface area contributed by atoms with Gasteiger partial charge in [0.1, 0.15) is 0 Å². The van der Waals surface area contributed by atoms with E-state index in [9.17, 15) is 0 Å². The van der Waals surface area contributed by atoms with E-state index in [1.165, 1.54) is 43.6 Å². The van der Waals surface area contributed by atoms with Gasteiger partial charge in [0.15, 0.2) is 0 Å². The maximum Gasteiger partial charge on any atom is 0.0183 e. The predicted octanol–water partition coefficient (Wildman–Crippen LogP) is 4.18. The third-order valence-corrected chi connectivity index (χ3v) is 5.59. The Morgan fingerprint density at radius 1 is 1.24 bits per heavy atom. The van der Waals surface area contributed by atoms with Crippen LogP contribution >= 0.6 is 11.8 Å². The summed E-state index contributed by atoms with van der Waals surface area (Å²) >= 11 is 2.13. The van der Waals surface area contributed by atoms with E-state index in [1.54, 1.807) is 0 Å². The molecule has 0 heterocycles. The first-order valence-corrected chi connectivity index (χ1v) is 8.57. The summed E-state index contributed by atoms with van der Waals surface area (Å²) in [7, 11) is 2.15. The minimum atomic E-state index is 0.744. The van der Waals surface area contributed by atoms with Gasteiger partial charge in [0, 0.05) is 11.8 Å². The predicted molar refractivity (Wildman–Crippen MR) is 80.7 cm³/mol. The lowest BCUT2D eigenvalue weighted by Gasteiger charge is -2.34. The minimum absolute atomic E-state index is 0.744. The average Bonchev–Trinajstić information content (AvgIpc) is 2.34. The summed E-state index contributed by atoms with van der Waals surface area (Å²) in [6.45, 7) is 6.99. The van der Waals surface area contributed by atoms with E-state index < -0.39 is 0 Å². The fourth-order valence-corrected chi connectivity index (χ4v) is 4.25. The topological polar surface area (TPSA) is 12.0 Å². The van der Waals surface area contributed by atoms with Crippen molar-refractivity contribution >= 4 is 11.8 Å². The quantitative estimate of drug-likeness (QED) is 0.734. The highest BCUT2D eigenvalue weighted by Crippen LogP contribution is 2.33. The Hall–Kier alpha value is 0.310. The fourth-order valence-electron chi connectivity index (χ4n) is 2.95. The van der Waals surface area contributed by atoms with Crippen LogP contribution in [0.1, 0.15) is 52.9 Å². The maximum atomic E-state index is 3.57. The monoisotopic (exact) mass is 257 g/mol. The molecule has 0 radical (unpaired) electrons. The van der Waals surface area contributed by atoms with Crippen molar-refractivity contribution in [3.05, 3.63) is 0 Å². The molecule has 0 aromatic rings. The van der Waals surface area contributed by atoms with Crippen LogP contribution in [0.4, 0.5) is 0 Å². The standard InChI is InChI=1S/C15H31NS/c1-5-13-7-6-8-14(9-13)15(16-4)11-17-10-12(2)3/h12-16H,5-11H2,1-4H3. The lowest BCUT2D eigenvalue weighted by molar-refractivity contribution is 0.223. The van der Waals surface area contributed by atoms with E-state index in [2.05, 4.69) is 44.9 Å². The molecule has 1 aliphatic carbocycles. The van der Waals surface area contributed by atoms with E-state index in [0.717, 1.165) is 23.8 Å². The highest BCUT2D eigenvalue weighted by molar-refractivity contribution is 7.99. The zero-order valence-electron chi connectivity index (χ0n) is 12.2. The normalized spacial score (nSPS) is 27.4. The van der Waals surface area contributed by atoms with E-state index in [-0.39, 0.29) is 0 Å². The maximum absolute atomic E-state index is 3.57. The molecule has 0 spiro atoms. The van der Waals surface area contributed by atoms with Crippen molar-refractivity contribution in [2.24, 2.45) is 17.8 Å². The van der Waals surface area contributed by atoms with E-state index in [1.807, 2.05) is 0 Å². The molecule has 1 N–H and O–H groups in total. The minimum Gasteiger partial charge on any atom is -0.316 e. The van der Waals surface area contributed by atoms with Gasteiger partial charge in [-0.1, -0.05) is 40.0 Å². The first-order chi connectivity index (χ1) is 8.17. The molecule has 1 saturated carbocycles. The van der Waals surface area contributed by atoms with Crippen molar-refractivity contribution < 1.29 is 0 Å². The molecular formula is C15H31NS. The van der Waals surface area contributed by atoms with Gasteiger partial charge in [-0.15, -0.1) is 0 Å². The number of nitrogens with one attached hydrogen (secondary N) is 1. The Labute approximate surface area is 113 Å². The van der Waals surface area contributed by atoms with Crippen molar-refractivity contribution in [1.29, 1.82) is 0 Å². The van der Waals surface area contributed by atoms with Crippen molar-refractivity contribution in [2.75, 3.05) is 18.6 Å². The van der Waals surface area contributed by atoms with E-state index in [0.29, 0.717) is 0 Å². The van der Waals surface area contributed by atoms with Crippen LogP contribution in [0, 0.1) is 17.8 Å². The number of rotatable bonds is 7. The highest BCUT2D eigenvalue weighted by Gasteiger charge is 2.26. The van der Waals surface area contributed by atoms with Crippen LogP contribution in [-0.4, -0.2) is 24.6 Å². The second-order valence-electron chi connectivity index (χ2n) is 6.03.